The summed E-state index contributed by atoms with van der Waals surface area (Å²) in [5.74, 6) is 0.186. The van der Waals surface area contributed by atoms with Crippen molar-refractivity contribution in [2.45, 2.75) is 77.7 Å². The first-order chi connectivity index (χ1) is 8.20. The van der Waals surface area contributed by atoms with Crippen LogP contribution in [0.5, 0.6) is 0 Å². The van der Waals surface area contributed by atoms with Crippen molar-refractivity contribution in [2.75, 3.05) is 5.88 Å². The third-order valence-electron chi connectivity index (χ3n) is 2.88. The van der Waals surface area contributed by atoms with E-state index in [2.05, 4.69) is 6.92 Å². The summed E-state index contributed by atoms with van der Waals surface area (Å²) in [6.07, 6.45) is 11.2. The molecule has 0 aliphatic carbocycles. The minimum absolute atomic E-state index is 0.0886. The molecule has 0 radical (unpaired) electrons. The van der Waals surface area contributed by atoms with Crippen LogP contribution in [-0.2, 0) is 9.53 Å². The predicted molar refractivity (Wildman–Crippen MR) is 73.5 cm³/mol. The van der Waals surface area contributed by atoms with Crippen LogP contribution in [0.15, 0.2) is 0 Å². The van der Waals surface area contributed by atoms with Crippen LogP contribution in [0.3, 0.4) is 0 Å². The summed E-state index contributed by atoms with van der Waals surface area (Å²) < 4.78 is 5.09. The first-order valence-corrected chi connectivity index (χ1v) is 7.47. The summed E-state index contributed by atoms with van der Waals surface area (Å²) in [5, 5.41) is 0. The van der Waals surface area contributed by atoms with Gasteiger partial charge in [-0.25, -0.2) is 0 Å². The molecule has 1 atom stereocenters. The van der Waals surface area contributed by atoms with Gasteiger partial charge in [-0.1, -0.05) is 51.9 Å². The molecule has 0 saturated carbocycles. The largest absolute Gasteiger partial charge is 0.461 e. The fourth-order valence-corrected chi connectivity index (χ4v) is 2.13. The molecule has 0 saturated heterocycles. The van der Waals surface area contributed by atoms with Gasteiger partial charge in [0.1, 0.15) is 6.10 Å². The first kappa shape index (κ1) is 16.8. The maximum atomic E-state index is 10.8. The first-order valence-electron chi connectivity index (χ1n) is 6.93. The zero-order valence-corrected chi connectivity index (χ0v) is 12.1. The summed E-state index contributed by atoms with van der Waals surface area (Å²) in [5.41, 5.74) is 0. The number of halogens is 1. The molecule has 1 unspecified atom stereocenters. The molecule has 102 valence electrons. The second kappa shape index (κ2) is 12.2. The lowest BCUT2D eigenvalue weighted by Gasteiger charge is -2.13. The van der Waals surface area contributed by atoms with Crippen LogP contribution < -0.4 is 0 Å². The molecule has 0 fully saturated rings. The SMILES string of the molecule is CCCCCCCCCCC(CCl)OC(C)=O. The Morgan fingerprint density at radius 3 is 2.06 bits per heavy atom. The minimum atomic E-state index is -0.227. The summed E-state index contributed by atoms with van der Waals surface area (Å²) in [7, 11) is 0. The second-order valence-electron chi connectivity index (χ2n) is 4.65. The van der Waals surface area contributed by atoms with E-state index in [0.29, 0.717) is 5.88 Å². The molecule has 2 nitrogen and oxygen atoms in total. The van der Waals surface area contributed by atoms with Crippen LogP contribution in [0.4, 0.5) is 0 Å². The standard InChI is InChI=1S/C14H27ClO2/c1-3-4-5-6-7-8-9-10-11-14(12-15)17-13(2)16/h14H,3-12H2,1-2H3. The lowest BCUT2D eigenvalue weighted by Crippen LogP contribution is -2.17. The van der Waals surface area contributed by atoms with Gasteiger partial charge in [0.15, 0.2) is 0 Å². The quantitative estimate of drug-likeness (QED) is 0.307. The van der Waals surface area contributed by atoms with Gasteiger partial charge in [0.2, 0.25) is 0 Å². The molecule has 0 rings (SSSR count). The van der Waals surface area contributed by atoms with Gasteiger partial charge in [0.05, 0.1) is 5.88 Å². The third kappa shape index (κ3) is 12.0. The van der Waals surface area contributed by atoms with Crippen LogP contribution in [-0.4, -0.2) is 18.0 Å². The lowest BCUT2D eigenvalue weighted by atomic mass is 10.1. The number of alkyl halides is 1. The molecule has 0 bridgehead atoms. The van der Waals surface area contributed by atoms with Crippen molar-refractivity contribution in [3.63, 3.8) is 0 Å². The van der Waals surface area contributed by atoms with Crippen LogP contribution >= 0.6 is 11.6 Å². The topological polar surface area (TPSA) is 26.3 Å². The van der Waals surface area contributed by atoms with Crippen LogP contribution in [0.25, 0.3) is 0 Å². The van der Waals surface area contributed by atoms with Gasteiger partial charge in [0.25, 0.3) is 0 Å². The van der Waals surface area contributed by atoms with Crippen molar-refractivity contribution in [1.29, 1.82) is 0 Å². The van der Waals surface area contributed by atoms with Gasteiger partial charge < -0.3 is 4.74 Å². The predicted octanol–water partition coefficient (Wildman–Crippen LogP) is 4.69. The average Bonchev–Trinajstić information content (AvgIpc) is 2.30. The van der Waals surface area contributed by atoms with Crippen LogP contribution in [0.2, 0.25) is 0 Å². The van der Waals surface area contributed by atoms with Gasteiger partial charge in [-0.05, 0) is 12.8 Å². The highest BCUT2D eigenvalue weighted by Crippen LogP contribution is 2.12. The molecular formula is C14H27ClO2. The molecule has 3 heteroatoms. The van der Waals surface area contributed by atoms with Crippen molar-refractivity contribution < 1.29 is 9.53 Å². The van der Waals surface area contributed by atoms with Crippen LogP contribution in [0, 0.1) is 0 Å². The molecule has 0 aromatic rings. The number of ether oxygens (including phenoxy) is 1. The number of rotatable bonds is 11. The van der Waals surface area contributed by atoms with Gasteiger partial charge in [-0.2, -0.15) is 0 Å². The van der Waals surface area contributed by atoms with Gasteiger partial charge >= 0.3 is 5.97 Å². The van der Waals surface area contributed by atoms with E-state index in [0.717, 1.165) is 12.8 Å². The molecule has 0 aromatic carbocycles. The number of carbonyl (C=O) groups excluding carboxylic acids is 1. The molecule has 0 aliphatic rings. The van der Waals surface area contributed by atoms with E-state index in [1.165, 1.54) is 51.9 Å². The minimum Gasteiger partial charge on any atom is -0.461 e. The Balaban J connectivity index is 3.28. The van der Waals surface area contributed by atoms with Gasteiger partial charge in [0, 0.05) is 6.92 Å². The molecule has 17 heavy (non-hydrogen) atoms. The summed E-state index contributed by atoms with van der Waals surface area (Å²) in [6, 6.07) is 0. The summed E-state index contributed by atoms with van der Waals surface area (Å²) in [6.45, 7) is 3.68. The summed E-state index contributed by atoms with van der Waals surface area (Å²) >= 11 is 5.73. The zero-order valence-electron chi connectivity index (χ0n) is 11.3. The zero-order chi connectivity index (χ0) is 12.9. The normalized spacial score (nSPS) is 12.4. The van der Waals surface area contributed by atoms with E-state index in [4.69, 9.17) is 16.3 Å². The smallest absolute Gasteiger partial charge is 0.302 e. The van der Waals surface area contributed by atoms with E-state index in [-0.39, 0.29) is 12.1 Å². The van der Waals surface area contributed by atoms with Crippen molar-refractivity contribution in [2.24, 2.45) is 0 Å². The van der Waals surface area contributed by atoms with Crippen LogP contribution in [0.1, 0.15) is 71.6 Å². The van der Waals surface area contributed by atoms with Crippen molar-refractivity contribution in [3.05, 3.63) is 0 Å². The molecule has 0 amide bonds. The molecule has 0 aliphatic heterocycles. The molecular weight excluding hydrogens is 236 g/mol. The Bertz CT molecular complexity index is 183. The van der Waals surface area contributed by atoms with E-state index in [9.17, 15) is 4.79 Å². The maximum absolute atomic E-state index is 10.8. The third-order valence-corrected chi connectivity index (χ3v) is 3.23. The van der Waals surface area contributed by atoms with Crippen molar-refractivity contribution in [1.82, 2.24) is 0 Å². The van der Waals surface area contributed by atoms with Crippen molar-refractivity contribution >= 4 is 17.6 Å². The highest BCUT2D eigenvalue weighted by Gasteiger charge is 2.09. The fourth-order valence-electron chi connectivity index (χ4n) is 1.91. The van der Waals surface area contributed by atoms with E-state index in [1.807, 2.05) is 0 Å². The van der Waals surface area contributed by atoms with Gasteiger partial charge in [-0.15, -0.1) is 11.6 Å². The van der Waals surface area contributed by atoms with Crippen molar-refractivity contribution in [3.8, 4) is 0 Å². The number of hydrogen-bond acceptors (Lipinski definition) is 2. The number of unbranched alkanes of at least 4 members (excludes halogenated alkanes) is 7. The Labute approximate surface area is 111 Å². The summed E-state index contributed by atoms with van der Waals surface area (Å²) in [4.78, 5) is 10.8. The Hall–Kier alpha value is -0.240. The highest BCUT2D eigenvalue weighted by atomic mass is 35.5. The van der Waals surface area contributed by atoms with Gasteiger partial charge in [-0.3, -0.25) is 4.79 Å². The molecule has 0 heterocycles. The molecule has 0 spiro atoms. The highest BCUT2D eigenvalue weighted by molar-refractivity contribution is 6.18. The van der Waals surface area contributed by atoms with E-state index >= 15 is 0 Å². The maximum Gasteiger partial charge on any atom is 0.302 e. The second-order valence-corrected chi connectivity index (χ2v) is 4.96. The molecule has 0 aromatic heterocycles. The van der Waals surface area contributed by atoms with E-state index in [1.54, 1.807) is 0 Å². The lowest BCUT2D eigenvalue weighted by molar-refractivity contribution is -0.145. The van der Waals surface area contributed by atoms with E-state index < -0.39 is 0 Å². The number of esters is 1. The molecule has 0 N–H and O–H groups in total. The number of hydrogen-bond donors (Lipinski definition) is 0. The Kier molecular flexibility index (Phi) is 12.1. The Morgan fingerprint density at radius 2 is 1.59 bits per heavy atom. The number of carbonyl (C=O) groups is 1. The Morgan fingerprint density at radius 1 is 1.06 bits per heavy atom. The monoisotopic (exact) mass is 262 g/mol. The average molecular weight is 263 g/mol. The fraction of sp³-hybridized carbons (Fsp3) is 0.929.